The monoisotopic (exact) mass is 286 g/mol. The molecule has 1 fully saturated rings. The summed E-state index contributed by atoms with van der Waals surface area (Å²) in [6.07, 6.45) is 0.843. The molecule has 2 heterocycles. The number of carbonyl (C=O) groups excluding carboxylic acids is 2. The van der Waals surface area contributed by atoms with E-state index in [-0.39, 0.29) is 5.91 Å². The van der Waals surface area contributed by atoms with Gasteiger partial charge in [-0.05, 0) is 19.1 Å². The van der Waals surface area contributed by atoms with E-state index < -0.39 is 0 Å². The van der Waals surface area contributed by atoms with Crippen molar-refractivity contribution < 1.29 is 9.59 Å². The van der Waals surface area contributed by atoms with E-state index in [2.05, 4.69) is 4.98 Å². The van der Waals surface area contributed by atoms with E-state index in [1.54, 1.807) is 4.90 Å². The summed E-state index contributed by atoms with van der Waals surface area (Å²) in [6, 6.07) is 7.83. The van der Waals surface area contributed by atoms with Crippen molar-refractivity contribution in [3.05, 3.63) is 30.1 Å². The molecule has 0 radical (unpaired) electrons. The third kappa shape index (κ3) is 2.61. The number of piperazine rings is 1. The molecule has 1 aliphatic heterocycles. The average molecular weight is 286 g/mol. The third-order valence-electron chi connectivity index (χ3n) is 3.95. The first-order valence-corrected chi connectivity index (χ1v) is 7.08. The second kappa shape index (κ2) is 5.55. The lowest BCUT2D eigenvalue weighted by Crippen LogP contribution is -2.49. The number of hydrogen-bond acceptors (Lipinski definition) is 3. The van der Waals surface area contributed by atoms with E-state index in [9.17, 15) is 9.59 Å². The highest BCUT2D eigenvalue weighted by atomic mass is 16.2. The first kappa shape index (κ1) is 13.6. The fraction of sp³-hybridized carbons (Fsp3) is 0.400. The topological polar surface area (TPSA) is 58.4 Å². The van der Waals surface area contributed by atoms with Gasteiger partial charge in [-0.2, -0.15) is 0 Å². The number of amides is 2. The normalized spacial score (nSPS) is 15.5. The van der Waals surface area contributed by atoms with Crippen LogP contribution in [0.15, 0.2) is 24.3 Å². The predicted octanol–water partition coefficient (Wildman–Crippen LogP) is 0.645. The summed E-state index contributed by atoms with van der Waals surface area (Å²) in [5, 5.41) is 0. The van der Waals surface area contributed by atoms with E-state index in [4.69, 9.17) is 0 Å². The Kier molecular flexibility index (Phi) is 3.60. The molecular formula is C15H18N4O2. The van der Waals surface area contributed by atoms with Crippen molar-refractivity contribution in [3.63, 3.8) is 0 Å². The number of rotatable bonds is 3. The van der Waals surface area contributed by atoms with Gasteiger partial charge in [0.1, 0.15) is 12.4 Å². The largest absolute Gasteiger partial charge is 0.342 e. The SMILES string of the molecule is Cc1nc2ccccc2n1CC(=O)N1CCN(C=O)CC1. The van der Waals surface area contributed by atoms with Gasteiger partial charge in [0.05, 0.1) is 11.0 Å². The van der Waals surface area contributed by atoms with Crippen LogP contribution >= 0.6 is 0 Å². The number of para-hydroxylation sites is 2. The second-order valence-corrected chi connectivity index (χ2v) is 5.26. The van der Waals surface area contributed by atoms with Crippen LogP contribution in [-0.2, 0) is 16.1 Å². The molecule has 0 unspecified atom stereocenters. The minimum absolute atomic E-state index is 0.0757. The van der Waals surface area contributed by atoms with Crippen LogP contribution in [0.25, 0.3) is 11.0 Å². The molecule has 21 heavy (non-hydrogen) atoms. The van der Waals surface area contributed by atoms with Crippen molar-refractivity contribution in [1.29, 1.82) is 0 Å². The number of aryl methyl sites for hydroxylation is 1. The summed E-state index contributed by atoms with van der Waals surface area (Å²) in [4.78, 5) is 31.1. The number of carbonyl (C=O) groups is 2. The standard InChI is InChI=1S/C15H18N4O2/c1-12-16-13-4-2-3-5-14(13)19(12)10-15(21)18-8-6-17(11-20)7-9-18/h2-5,11H,6-10H2,1H3. The maximum Gasteiger partial charge on any atom is 0.242 e. The lowest BCUT2D eigenvalue weighted by atomic mass is 10.3. The zero-order valence-corrected chi connectivity index (χ0v) is 12.0. The maximum atomic E-state index is 12.4. The Morgan fingerprint density at radius 1 is 1.24 bits per heavy atom. The van der Waals surface area contributed by atoms with Gasteiger partial charge in [-0.25, -0.2) is 4.98 Å². The highest BCUT2D eigenvalue weighted by molar-refractivity contribution is 5.81. The lowest BCUT2D eigenvalue weighted by molar-refractivity contribution is -0.135. The molecule has 1 aromatic heterocycles. The van der Waals surface area contributed by atoms with Crippen LogP contribution in [0.2, 0.25) is 0 Å². The van der Waals surface area contributed by atoms with Gasteiger partial charge in [-0.1, -0.05) is 12.1 Å². The summed E-state index contributed by atoms with van der Waals surface area (Å²) >= 11 is 0. The van der Waals surface area contributed by atoms with Gasteiger partial charge in [0.15, 0.2) is 0 Å². The molecule has 0 saturated carbocycles. The minimum atomic E-state index is 0.0757. The average Bonchev–Trinajstić information content (AvgIpc) is 2.83. The summed E-state index contributed by atoms with van der Waals surface area (Å²) in [5.74, 6) is 0.919. The molecule has 1 aliphatic rings. The molecule has 0 N–H and O–H groups in total. The molecule has 0 spiro atoms. The first-order chi connectivity index (χ1) is 10.2. The van der Waals surface area contributed by atoms with Crippen LogP contribution in [0, 0.1) is 6.92 Å². The molecule has 2 amide bonds. The van der Waals surface area contributed by atoms with Gasteiger partial charge in [0.25, 0.3) is 0 Å². The first-order valence-electron chi connectivity index (χ1n) is 7.08. The van der Waals surface area contributed by atoms with Crippen molar-refractivity contribution in [2.75, 3.05) is 26.2 Å². The van der Waals surface area contributed by atoms with E-state index in [0.717, 1.165) is 23.3 Å². The van der Waals surface area contributed by atoms with Crippen LogP contribution in [0.5, 0.6) is 0 Å². The van der Waals surface area contributed by atoms with Crippen molar-refractivity contribution in [3.8, 4) is 0 Å². The van der Waals surface area contributed by atoms with Gasteiger partial charge in [0.2, 0.25) is 12.3 Å². The molecule has 1 aromatic carbocycles. The fourth-order valence-electron chi connectivity index (χ4n) is 2.71. The van der Waals surface area contributed by atoms with Gasteiger partial charge < -0.3 is 14.4 Å². The van der Waals surface area contributed by atoms with Gasteiger partial charge in [-0.15, -0.1) is 0 Å². The van der Waals surface area contributed by atoms with Gasteiger partial charge >= 0.3 is 0 Å². The summed E-state index contributed by atoms with van der Waals surface area (Å²) < 4.78 is 1.95. The maximum absolute atomic E-state index is 12.4. The molecule has 3 rings (SSSR count). The van der Waals surface area contributed by atoms with Crippen LogP contribution in [0.3, 0.4) is 0 Å². The summed E-state index contributed by atoms with van der Waals surface area (Å²) in [5.41, 5.74) is 1.89. The molecular weight excluding hydrogens is 268 g/mol. The Labute approximate surface area is 123 Å². The molecule has 2 aromatic rings. The van der Waals surface area contributed by atoms with Crippen LogP contribution in [0.4, 0.5) is 0 Å². The smallest absolute Gasteiger partial charge is 0.242 e. The molecule has 110 valence electrons. The zero-order valence-electron chi connectivity index (χ0n) is 12.0. The number of nitrogens with zero attached hydrogens (tertiary/aromatic N) is 4. The molecule has 0 aliphatic carbocycles. The second-order valence-electron chi connectivity index (χ2n) is 5.26. The Morgan fingerprint density at radius 2 is 1.95 bits per heavy atom. The van der Waals surface area contributed by atoms with Crippen LogP contribution in [0.1, 0.15) is 5.82 Å². The highest BCUT2D eigenvalue weighted by Crippen LogP contribution is 2.15. The lowest BCUT2D eigenvalue weighted by Gasteiger charge is -2.32. The molecule has 6 nitrogen and oxygen atoms in total. The molecule has 0 bridgehead atoms. The molecule has 0 atom stereocenters. The number of hydrogen-bond donors (Lipinski definition) is 0. The fourth-order valence-corrected chi connectivity index (χ4v) is 2.71. The number of imidazole rings is 1. The molecule has 1 saturated heterocycles. The van der Waals surface area contributed by atoms with E-state index in [0.29, 0.717) is 32.7 Å². The zero-order chi connectivity index (χ0) is 14.8. The third-order valence-corrected chi connectivity index (χ3v) is 3.95. The predicted molar refractivity (Wildman–Crippen MR) is 78.7 cm³/mol. The van der Waals surface area contributed by atoms with Crippen LogP contribution in [-0.4, -0.2) is 57.8 Å². The Balaban J connectivity index is 1.75. The molecule has 6 heteroatoms. The highest BCUT2D eigenvalue weighted by Gasteiger charge is 2.21. The van der Waals surface area contributed by atoms with E-state index in [1.165, 1.54) is 0 Å². The number of aromatic nitrogens is 2. The van der Waals surface area contributed by atoms with Crippen molar-refractivity contribution in [2.24, 2.45) is 0 Å². The summed E-state index contributed by atoms with van der Waals surface area (Å²) in [6.45, 7) is 4.63. The Morgan fingerprint density at radius 3 is 2.67 bits per heavy atom. The van der Waals surface area contributed by atoms with Crippen molar-refractivity contribution >= 4 is 23.4 Å². The van der Waals surface area contributed by atoms with Crippen molar-refractivity contribution in [2.45, 2.75) is 13.5 Å². The van der Waals surface area contributed by atoms with Gasteiger partial charge in [-0.3, -0.25) is 9.59 Å². The summed E-state index contributed by atoms with van der Waals surface area (Å²) in [7, 11) is 0. The Bertz CT molecular complexity index is 671. The number of benzene rings is 1. The quantitative estimate of drug-likeness (QED) is 0.778. The van der Waals surface area contributed by atoms with E-state index >= 15 is 0 Å². The van der Waals surface area contributed by atoms with E-state index in [1.807, 2.05) is 40.7 Å². The number of fused-ring (bicyclic) bond motifs is 1. The van der Waals surface area contributed by atoms with Crippen LogP contribution < -0.4 is 0 Å². The minimum Gasteiger partial charge on any atom is -0.342 e. The van der Waals surface area contributed by atoms with Gasteiger partial charge in [0, 0.05) is 26.2 Å². The Hall–Kier alpha value is -2.37. The van der Waals surface area contributed by atoms with Crippen molar-refractivity contribution in [1.82, 2.24) is 19.4 Å².